The summed E-state index contributed by atoms with van der Waals surface area (Å²) in [5.74, 6) is -1.38. The highest BCUT2D eigenvalue weighted by molar-refractivity contribution is 5.96. The molecule has 0 aliphatic rings. The molecule has 0 radical (unpaired) electrons. The number of nitrogens with zero attached hydrogens (tertiary/aromatic N) is 2. The van der Waals surface area contributed by atoms with E-state index in [2.05, 4.69) is 10.4 Å². The number of ether oxygens (including phenoxy) is 2. The van der Waals surface area contributed by atoms with Crippen LogP contribution in [0.15, 0.2) is 65.5 Å². The van der Waals surface area contributed by atoms with Crippen LogP contribution in [0.2, 0.25) is 0 Å². The second kappa shape index (κ2) is 9.66. The van der Waals surface area contributed by atoms with Crippen LogP contribution in [0.4, 0.5) is 10.1 Å². The summed E-state index contributed by atoms with van der Waals surface area (Å²) in [7, 11) is 0. The summed E-state index contributed by atoms with van der Waals surface area (Å²) in [5.41, 5.74) is 0.619. The number of benzene rings is 2. The highest BCUT2D eigenvalue weighted by Gasteiger charge is 2.17. The first-order valence-corrected chi connectivity index (χ1v) is 9.48. The Balaban J connectivity index is 1.71. The summed E-state index contributed by atoms with van der Waals surface area (Å²) in [6, 6.07) is 14.1. The Kier molecular flexibility index (Phi) is 6.76. The molecule has 1 heterocycles. The summed E-state index contributed by atoms with van der Waals surface area (Å²) in [5, 5.41) is 6.73. The molecule has 0 aliphatic carbocycles. The molecule has 3 aromatic rings. The third-order valence-electron chi connectivity index (χ3n) is 4.15. The van der Waals surface area contributed by atoms with Gasteiger partial charge >= 0.3 is 5.97 Å². The first-order valence-electron chi connectivity index (χ1n) is 9.48. The molecule has 0 unspecified atom stereocenters. The summed E-state index contributed by atoms with van der Waals surface area (Å²) >= 11 is 0. The smallest absolute Gasteiger partial charge is 0.338 e. The Morgan fingerprint density at radius 1 is 1.13 bits per heavy atom. The predicted octanol–water partition coefficient (Wildman–Crippen LogP) is 2.95. The summed E-state index contributed by atoms with van der Waals surface area (Å²) in [6.07, 6.45) is -0.960. The van der Waals surface area contributed by atoms with Crippen molar-refractivity contribution in [3.8, 4) is 11.6 Å². The summed E-state index contributed by atoms with van der Waals surface area (Å²) in [4.78, 5) is 36.4. The van der Waals surface area contributed by atoms with Gasteiger partial charge in [0.2, 0.25) is 5.88 Å². The highest BCUT2D eigenvalue weighted by Crippen LogP contribution is 2.14. The maximum absolute atomic E-state index is 13.1. The number of halogens is 1. The lowest BCUT2D eigenvalue weighted by Crippen LogP contribution is -2.31. The van der Waals surface area contributed by atoms with Crippen LogP contribution < -0.4 is 15.6 Å². The highest BCUT2D eigenvalue weighted by atomic mass is 19.1. The van der Waals surface area contributed by atoms with E-state index in [1.54, 1.807) is 25.1 Å². The maximum atomic E-state index is 13.1. The van der Waals surface area contributed by atoms with Gasteiger partial charge in [-0.25, -0.2) is 9.18 Å². The number of anilines is 1. The number of esters is 1. The number of nitrogens with one attached hydrogen (secondary N) is 1. The molecule has 31 heavy (non-hydrogen) atoms. The monoisotopic (exact) mass is 425 g/mol. The van der Waals surface area contributed by atoms with E-state index in [0.717, 1.165) is 4.68 Å². The molecule has 160 valence electrons. The van der Waals surface area contributed by atoms with E-state index in [1.807, 2.05) is 0 Å². The van der Waals surface area contributed by atoms with Gasteiger partial charge in [0, 0.05) is 17.8 Å². The quantitative estimate of drug-likeness (QED) is 0.585. The lowest BCUT2D eigenvalue weighted by Gasteiger charge is -2.15. The van der Waals surface area contributed by atoms with Crippen molar-refractivity contribution < 1.29 is 23.5 Å². The van der Waals surface area contributed by atoms with E-state index in [4.69, 9.17) is 9.47 Å². The van der Waals surface area contributed by atoms with Crippen LogP contribution in [0.25, 0.3) is 5.69 Å². The average molecular weight is 425 g/mol. The van der Waals surface area contributed by atoms with Gasteiger partial charge in [0.05, 0.1) is 17.9 Å². The fourth-order valence-electron chi connectivity index (χ4n) is 2.64. The van der Waals surface area contributed by atoms with Crippen LogP contribution in [-0.2, 0) is 9.53 Å². The zero-order valence-corrected chi connectivity index (χ0v) is 16.9. The minimum absolute atomic E-state index is 0.0341. The first-order chi connectivity index (χ1) is 14.9. The minimum Gasteiger partial charge on any atom is -0.463 e. The fourth-order valence-corrected chi connectivity index (χ4v) is 2.64. The van der Waals surface area contributed by atoms with Crippen molar-refractivity contribution in [1.29, 1.82) is 0 Å². The molecule has 1 atom stereocenters. The molecule has 0 fully saturated rings. The van der Waals surface area contributed by atoms with Gasteiger partial charge in [0.15, 0.2) is 6.10 Å². The van der Waals surface area contributed by atoms with Gasteiger partial charge in [-0.05, 0) is 56.3 Å². The largest absolute Gasteiger partial charge is 0.463 e. The van der Waals surface area contributed by atoms with Crippen molar-refractivity contribution in [3.63, 3.8) is 0 Å². The number of aromatic nitrogens is 2. The topological polar surface area (TPSA) is 99.5 Å². The van der Waals surface area contributed by atoms with Gasteiger partial charge in [-0.1, -0.05) is 6.07 Å². The number of hydrogen-bond acceptors (Lipinski definition) is 6. The summed E-state index contributed by atoms with van der Waals surface area (Å²) in [6.45, 7) is 3.46. The van der Waals surface area contributed by atoms with Gasteiger partial charge in [-0.2, -0.15) is 4.68 Å². The van der Waals surface area contributed by atoms with Crippen molar-refractivity contribution in [3.05, 3.63) is 82.4 Å². The number of carbonyl (C=O) groups excluding carboxylic acids is 2. The molecule has 0 spiro atoms. The van der Waals surface area contributed by atoms with Crippen LogP contribution in [0.1, 0.15) is 24.2 Å². The Morgan fingerprint density at radius 3 is 2.58 bits per heavy atom. The Bertz CT molecular complexity index is 1140. The van der Waals surface area contributed by atoms with Crippen molar-refractivity contribution >= 4 is 17.6 Å². The second-order valence-corrected chi connectivity index (χ2v) is 6.45. The Morgan fingerprint density at radius 2 is 1.87 bits per heavy atom. The van der Waals surface area contributed by atoms with E-state index in [-0.39, 0.29) is 12.5 Å². The first kappa shape index (κ1) is 21.7. The third kappa shape index (κ3) is 5.53. The van der Waals surface area contributed by atoms with Gasteiger partial charge in [0.25, 0.3) is 11.5 Å². The molecule has 0 aliphatic heterocycles. The third-order valence-corrected chi connectivity index (χ3v) is 4.15. The molecule has 0 saturated heterocycles. The van der Waals surface area contributed by atoms with Crippen molar-refractivity contribution in [2.24, 2.45) is 0 Å². The zero-order valence-electron chi connectivity index (χ0n) is 16.9. The van der Waals surface area contributed by atoms with Crippen molar-refractivity contribution in [2.45, 2.75) is 20.0 Å². The SMILES string of the molecule is CCOC(=O)c1cccc(NC(=O)[C@H](C)Oc2ccc(=O)n(-c3ccc(F)cc3)n2)c1. The molecular weight excluding hydrogens is 405 g/mol. The molecule has 1 aromatic heterocycles. The molecule has 9 heteroatoms. The molecule has 1 N–H and O–H groups in total. The molecule has 0 saturated carbocycles. The summed E-state index contributed by atoms with van der Waals surface area (Å²) < 4.78 is 24.7. The van der Waals surface area contributed by atoms with Gasteiger partial charge in [-0.3, -0.25) is 9.59 Å². The van der Waals surface area contributed by atoms with Crippen LogP contribution in [-0.4, -0.2) is 34.4 Å². The fraction of sp³-hybridized carbons (Fsp3) is 0.182. The molecule has 8 nitrogen and oxygen atoms in total. The van der Waals surface area contributed by atoms with E-state index in [9.17, 15) is 18.8 Å². The second-order valence-electron chi connectivity index (χ2n) is 6.45. The average Bonchev–Trinajstić information content (AvgIpc) is 2.76. The van der Waals surface area contributed by atoms with Crippen LogP contribution in [0.5, 0.6) is 5.88 Å². The zero-order chi connectivity index (χ0) is 22.4. The van der Waals surface area contributed by atoms with Gasteiger partial charge < -0.3 is 14.8 Å². The van der Waals surface area contributed by atoms with Gasteiger partial charge in [0.1, 0.15) is 5.82 Å². The predicted molar refractivity (Wildman–Crippen MR) is 111 cm³/mol. The number of amides is 1. The van der Waals surface area contributed by atoms with E-state index in [1.165, 1.54) is 49.4 Å². The Hall–Kier alpha value is -4.01. The lowest BCUT2D eigenvalue weighted by atomic mass is 10.2. The van der Waals surface area contributed by atoms with Crippen LogP contribution in [0, 0.1) is 5.82 Å². The maximum Gasteiger partial charge on any atom is 0.338 e. The van der Waals surface area contributed by atoms with Crippen LogP contribution >= 0.6 is 0 Å². The molecule has 2 aromatic carbocycles. The Labute approximate surface area is 177 Å². The molecule has 0 bridgehead atoms. The van der Waals surface area contributed by atoms with Crippen molar-refractivity contribution in [2.75, 3.05) is 11.9 Å². The van der Waals surface area contributed by atoms with Crippen molar-refractivity contribution in [1.82, 2.24) is 9.78 Å². The van der Waals surface area contributed by atoms with Gasteiger partial charge in [-0.15, -0.1) is 5.10 Å². The number of rotatable bonds is 7. The van der Waals surface area contributed by atoms with E-state index < -0.39 is 29.4 Å². The standard InChI is InChI=1S/C22H20FN3O5/c1-3-30-22(29)15-5-4-6-17(13-15)24-21(28)14(2)31-19-11-12-20(27)26(25-19)18-9-7-16(23)8-10-18/h4-14H,3H2,1-2H3,(H,24,28)/t14-/m0/s1. The van der Waals surface area contributed by atoms with E-state index >= 15 is 0 Å². The number of carbonyl (C=O) groups is 2. The van der Waals surface area contributed by atoms with Crippen LogP contribution in [0.3, 0.4) is 0 Å². The molecule has 3 rings (SSSR count). The minimum atomic E-state index is -0.960. The van der Waals surface area contributed by atoms with E-state index in [0.29, 0.717) is 16.9 Å². The molecule has 1 amide bonds. The number of hydrogen-bond donors (Lipinski definition) is 1. The molecular formula is C22H20FN3O5. The normalized spacial score (nSPS) is 11.5. The lowest BCUT2D eigenvalue weighted by molar-refractivity contribution is -0.122.